The van der Waals surface area contributed by atoms with Crippen molar-refractivity contribution in [1.29, 1.82) is 0 Å². The molecule has 14 heteroatoms. The number of aliphatic carboxylic acids is 1. The first-order valence-corrected chi connectivity index (χ1v) is 14.1. The standard InChI is InChI=1S/C24H18Cl2F3NO6S2/c25-16-5-9-22(37(34)13-14-1-3-15(4-2-14)21(31)8-10-23(32)33)20(11-16)30-38(35,36)17-6-7-19(26)18(12-17)24(27,28)29/h1-7,9,11-12,30H,8,10,13H2,(H,32,33). The number of Topliss-reactive ketones (excluding diaryl/α,β-unsaturated/α-hetero) is 1. The Morgan fingerprint density at radius 3 is 2.21 bits per heavy atom. The lowest BCUT2D eigenvalue weighted by atomic mass is 10.1. The molecule has 2 N–H and O–H groups in total. The number of carboxylic acid groups (broad SMARTS) is 1. The summed E-state index contributed by atoms with van der Waals surface area (Å²) < 4.78 is 80.7. The fraction of sp³-hybridized carbons (Fsp3) is 0.167. The maximum absolute atomic E-state index is 13.2. The van der Waals surface area contributed by atoms with Crippen LogP contribution in [0.15, 0.2) is 70.5 Å². The number of carbonyl (C=O) groups excluding carboxylic acids is 1. The largest absolute Gasteiger partial charge is 0.481 e. The zero-order valence-electron chi connectivity index (χ0n) is 19.1. The molecule has 3 aromatic carbocycles. The fourth-order valence-corrected chi connectivity index (χ4v) is 6.04. The number of benzene rings is 3. The third kappa shape index (κ3) is 7.56. The van der Waals surface area contributed by atoms with Gasteiger partial charge in [0.05, 0.1) is 49.0 Å². The number of halogens is 5. The number of rotatable bonds is 10. The monoisotopic (exact) mass is 607 g/mol. The van der Waals surface area contributed by atoms with Gasteiger partial charge in [-0.2, -0.15) is 13.2 Å². The molecule has 0 saturated heterocycles. The summed E-state index contributed by atoms with van der Waals surface area (Å²) in [6.07, 6.45) is -5.37. The van der Waals surface area contributed by atoms with Crippen molar-refractivity contribution in [1.82, 2.24) is 0 Å². The Morgan fingerprint density at radius 2 is 1.61 bits per heavy atom. The Labute approximate surface area is 228 Å². The summed E-state index contributed by atoms with van der Waals surface area (Å²) in [5, 5.41) is 8.12. The molecule has 3 rings (SSSR count). The third-order valence-electron chi connectivity index (χ3n) is 5.12. The molecule has 1 atom stereocenters. The van der Waals surface area contributed by atoms with E-state index in [4.69, 9.17) is 28.3 Å². The van der Waals surface area contributed by atoms with E-state index in [1.807, 2.05) is 0 Å². The quantitative estimate of drug-likeness (QED) is 0.266. The predicted octanol–water partition coefficient (Wildman–Crippen LogP) is 6.17. The summed E-state index contributed by atoms with van der Waals surface area (Å²) in [6.45, 7) is 0. The number of anilines is 1. The molecule has 0 bridgehead atoms. The smallest absolute Gasteiger partial charge is 0.417 e. The van der Waals surface area contributed by atoms with Crippen LogP contribution in [0.5, 0.6) is 0 Å². The van der Waals surface area contributed by atoms with Crippen LogP contribution in [0.4, 0.5) is 18.9 Å². The lowest BCUT2D eigenvalue weighted by Gasteiger charge is -2.15. The molecule has 0 heterocycles. The van der Waals surface area contributed by atoms with Gasteiger partial charge in [0, 0.05) is 17.0 Å². The summed E-state index contributed by atoms with van der Waals surface area (Å²) in [6, 6.07) is 12.0. The zero-order valence-corrected chi connectivity index (χ0v) is 22.2. The molecule has 0 fully saturated rings. The van der Waals surface area contributed by atoms with Gasteiger partial charge in [-0.25, -0.2) is 8.42 Å². The van der Waals surface area contributed by atoms with Crippen molar-refractivity contribution >= 4 is 61.5 Å². The number of carbonyl (C=O) groups is 2. The van der Waals surface area contributed by atoms with E-state index in [-0.39, 0.29) is 45.5 Å². The average molecular weight is 608 g/mol. The van der Waals surface area contributed by atoms with E-state index in [1.165, 1.54) is 42.5 Å². The van der Waals surface area contributed by atoms with Gasteiger partial charge in [0.15, 0.2) is 5.78 Å². The average Bonchev–Trinajstić information content (AvgIpc) is 2.82. The van der Waals surface area contributed by atoms with Crippen molar-refractivity contribution in [2.75, 3.05) is 4.72 Å². The van der Waals surface area contributed by atoms with Gasteiger partial charge in [-0.05, 0) is 42.0 Å². The Bertz CT molecular complexity index is 1510. The molecule has 0 spiro atoms. The minimum atomic E-state index is -4.89. The lowest BCUT2D eigenvalue weighted by molar-refractivity contribution is -0.138. The molecule has 0 radical (unpaired) electrons. The van der Waals surface area contributed by atoms with Crippen LogP contribution in [-0.2, 0) is 37.5 Å². The summed E-state index contributed by atoms with van der Waals surface area (Å²) in [4.78, 5) is 22.0. The number of sulfonamides is 1. The highest BCUT2D eigenvalue weighted by molar-refractivity contribution is 7.92. The summed E-state index contributed by atoms with van der Waals surface area (Å²) >= 11 is 11.6. The van der Waals surface area contributed by atoms with Gasteiger partial charge in [-0.15, -0.1) is 0 Å². The van der Waals surface area contributed by atoms with Crippen molar-refractivity contribution in [3.05, 3.63) is 87.4 Å². The maximum Gasteiger partial charge on any atom is 0.417 e. The highest BCUT2D eigenvalue weighted by Gasteiger charge is 2.34. The van der Waals surface area contributed by atoms with Gasteiger partial charge in [0.2, 0.25) is 0 Å². The van der Waals surface area contributed by atoms with Crippen LogP contribution >= 0.6 is 23.2 Å². The molecular formula is C24H18Cl2F3NO6S2. The lowest BCUT2D eigenvalue weighted by Crippen LogP contribution is -2.16. The first-order chi connectivity index (χ1) is 17.7. The second kappa shape index (κ2) is 11.9. The van der Waals surface area contributed by atoms with Crippen LogP contribution in [0.3, 0.4) is 0 Å². The van der Waals surface area contributed by atoms with E-state index >= 15 is 0 Å². The van der Waals surface area contributed by atoms with Gasteiger partial charge in [0.25, 0.3) is 10.0 Å². The van der Waals surface area contributed by atoms with Gasteiger partial charge < -0.3 is 5.11 Å². The molecule has 1 unspecified atom stereocenters. The first kappa shape index (κ1) is 29.6. The van der Waals surface area contributed by atoms with Crippen LogP contribution < -0.4 is 4.72 Å². The number of nitrogens with one attached hydrogen (secondary N) is 1. The van der Waals surface area contributed by atoms with E-state index < -0.39 is 48.5 Å². The number of hydrogen-bond acceptors (Lipinski definition) is 5. The van der Waals surface area contributed by atoms with E-state index in [9.17, 15) is 35.4 Å². The van der Waals surface area contributed by atoms with Crippen molar-refractivity contribution in [3.63, 3.8) is 0 Å². The molecule has 0 aliphatic carbocycles. The first-order valence-electron chi connectivity index (χ1n) is 10.6. The molecule has 0 amide bonds. The molecular weight excluding hydrogens is 590 g/mol. The van der Waals surface area contributed by atoms with Crippen molar-refractivity contribution in [2.24, 2.45) is 0 Å². The second-order valence-corrected chi connectivity index (χ2v) is 11.8. The second-order valence-electron chi connectivity index (χ2n) is 7.89. The number of alkyl halides is 3. The van der Waals surface area contributed by atoms with Crippen LogP contribution in [-0.4, -0.2) is 29.5 Å². The van der Waals surface area contributed by atoms with Gasteiger partial charge in [0.1, 0.15) is 0 Å². The highest BCUT2D eigenvalue weighted by atomic mass is 35.5. The topological polar surface area (TPSA) is 118 Å². The Hall–Kier alpha value is -2.93. The van der Waals surface area contributed by atoms with Gasteiger partial charge in [-0.3, -0.25) is 18.5 Å². The zero-order chi connectivity index (χ0) is 28.3. The molecule has 38 heavy (non-hydrogen) atoms. The summed E-state index contributed by atoms with van der Waals surface area (Å²) in [5.74, 6) is -1.57. The number of carboxylic acids is 1. The van der Waals surface area contributed by atoms with E-state index in [0.29, 0.717) is 11.6 Å². The number of ketones is 1. The van der Waals surface area contributed by atoms with Crippen LogP contribution in [0.1, 0.15) is 34.3 Å². The normalized spacial score (nSPS) is 12.7. The predicted molar refractivity (Wildman–Crippen MR) is 136 cm³/mol. The van der Waals surface area contributed by atoms with Crippen LogP contribution in [0, 0.1) is 0 Å². The molecule has 202 valence electrons. The van der Waals surface area contributed by atoms with Crippen LogP contribution in [0.25, 0.3) is 0 Å². The SMILES string of the molecule is O=C(O)CCC(=O)c1ccc(CS(=O)c2ccc(Cl)cc2NS(=O)(=O)c2ccc(Cl)c(C(F)(F)F)c2)cc1. The minimum absolute atomic E-state index is 0.0181. The van der Waals surface area contributed by atoms with Crippen molar-refractivity contribution in [2.45, 2.75) is 34.6 Å². The van der Waals surface area contributed by atoms with Gasteiger partial charge >= 0.3 is 12.1 Å². The third-order valence-corrected chi connectivity index (χ3v) is 8.49. The molecule has 0 aliphatic heterocycles. The fourth-order valence-electron chi connectivity index (χ4n) is 3.25. The Kier molecular flexibility index (Phi) is 9.24. The van der Waals surface area contributed by atoms with Crippen molar-refractivity contribution < 1.29 is 40.5 Å². The van der Waals surface area contributed by atoms with Crippen molar-refractivity contribution in [3.8, 4) is 0 Å². The van der Waals surface area contributed by atoms with E-state index in [2.05, 4.69) is 4.72 Å². The summed E-state index contributed by atoms with van der Waals surface area (Å²) in [7, 11) is -6.41. The molecule has 7 nitrogen and oxygen atoms in total. The van der Waals surface area contributed by atoms with E-state index in [0.717, 1.165) is 12.1 Å². The number of hydrogen-bond donors (Lipinski definition) is 2. The highest BCUT2D eigenvalue weighted by Crippen LogP contribution is 2.36. The Morgan fingerprint density at radius 1 is 0.947 bits per heavy atom. The molecule has 3 aromatic rings. The molecule has 0 saturated carbocycles. The molecule has 0 aromatic heterocycles. The minimum Gasteiger partial charge on any atom is -0.481 e. The van der Waals surface area contributed by atoms with Gasteiger partial charge in [-0.1, -0.05) is 47.5 Å². The molecule has 0 aliphatic rings. The Balaban J connectivity index is 1.84. The maximum atomic E-state index is 13.2. The van der Waals surface area contributed by atoms with Crippen LogP contribution in [0.2, 0.25) is 10.0 Å². The van der Waals surface area contributed by atoms with E-state index in [1.54, 1.807) is 0 Å². The summed E-state index contributed by atoms with van der Waals surface area (Å²) in [5.41, 5.74) is -0.724.